The van der Waals surface area contributed by atoms with Crippen LogP contribution in [0.3, 0.4) is 0 Å². The van der Waals surface area contributed by atoms with Crippen LogP contribution in [0.4, 0.5) is 0 Å². The van der Waals surface area contributed by atoms with Crippen molar-refractivity contribution in [1.82, 2.24) is 15.4 Å². The molecule has 0 saturated carbocycles. The zero-order valence-electron chi connectivity index (χ0n) is 11.9. The first-order valence-electron chi connectivity index (χ1n) is 6.45. The molecule has 1 heterocycles. The Morgan fingerprint density at radius 3 is 2.60 bits per heavy atom. The quantitative estimate of drug-likeness (QED) is 0.597. The number of hydrogen-bond acceptors (Lipinski definition) is 5. The summed E-state index contributed by atoms with van der Waals surface area (Å²) in [5, 5.41) is 5.60. The lowest BCUT2D eigenvalue weighted by Gasteiger charge is -2.04. The summed E-state index contributed by atoms with van der Waals surface area (Å²) in [6.45, 7) is 5.64. The molecule has 0 aliphatic rings. The van der Waals surface area contributed by atoms with E-state index in [9.17, 15) is 13.2 Å². The highest BCUT2D eigenvalue weighted by Gasteiger charge is 2.22. The van der Waals surface area contributed by atoms with Gasteiger partial charge < -0.3 is 15.1 Å². The highest BCUT2D eigenvalue weighted by atomic mass is 32.2. The fraction of sp³-hybridized carbons (Fsp3) is 0.583. The van der Waals surface area contributed by atoms with E-state index < -0.39 is 10.0 Å². The van der Waals surface area contributed by atoms with Gasteiger partial charge in [0.25, 0.3) is 15.9 Å². The van der Waals surface area contributed by atoms with Gasteiger partial charge in [-0.15, -0.1) is 0 Å². The largest absolute Gasteiger partial charge is 0.448 e. The summed E-state index contributed by atoms with van der Waals surface area (Å²) in [7, 11) is -2.39. The summed E-state index contributed by atoms with van der Waals surface area (Å²) in [5.74, 6) is -0.0695. The molecule has 0 saturated heterocycles. The van der Waals surface area contributed by atoms with Crippen molar-refractivity contribution >= 4 is 15.9 Å². The molecule has 20 heavy (non-hydrogen) atoms. The highest BCUT2D eigenvalue weighted by molar-refractivity contribution is 7.89. The molecule has 0 bridgehead atoms. The maximum absolute atomic E-state index is 11.9. The molecule has 7 nitrogen and oxygen atoms in total. The van der Waals surface area contributed by atoms with Gasteiger partial charge in [-0.25, -0.2) is 13.1 Å². The number of carbonyl (C=O) groups excluding carboxylic acids is 1. The van der Waals surface area contributed by atoms with E-state index in [0.29, 0.717) is 13.1 Å². The molecule has 114 valence electrons. The standard InChI is InChI=1S/C12H21N3O4S/c1-4-5-14-6-7-15-12(16)10-8-11(19-9(10)2)20(17,18)13-3/h8,13-14H,4-7H2,1-3H3,(H,15,16). The molecule has 0 aromatic carbocycles. The predicted octanol–water partition coefficient (Wildman–Crippen LogP) is 0.226. The van der Waals surface area contributed by atoms with Gasteiger partial charge in [0, 0.05) is 19.2 Å². The molecular weight excluding hydrogens is 282 g/mol. The van der Waals surface area contributed by atoms with Crippen molar-refractivity contribution in [2.45, 2.75) is 25.4 Å². The van der Waals surface area contributed by atoms with Crippen LogP contribution in [0, 0.1) is 6.92 Å². The second kappa shape index (κ2) is 7.41. The lowest BCUT2D eigenvalue weighted by atomic mass is 10.2. The smallest absolute Gasteiger partial charge is 0.273 e. The summed E-state index contributed by atoms with van der Waals surface area (Å²) in [6, 6.07) is 1.23. The van der Waals surface area contributed by atoms with Crippen molar-refractivity contribution in [3.05, 3.63) is 17.4 Å². The van der Waals surface area contributed by atoms with Crippen LogP contribution in [-0.2, 0) is 10.0 Å². The molecule has 1 aromatic heterocycles. The highest BCUT2D eigenvalue weighted by Crippen LogP contribution is 2.18. The Kier molecular flexibility index (Phi) is 6.18. The second-order valence-corrected chi connectivity index (χ2v) is 6.07. The Hall–Kier alpha value is -1.38. The minimum atomic E-state index is -3.67. The van der Waals surface area contributed by atoms with Crippen LogP contribution in [0.15, 0.2) is 15.6 Å². The van der Waals surface area contributed by atoms with E-state index in [2.05, 4.69) is 22.3 Å². The lowest BCUT2D eigenvalue weighted by molar-refractivity contribution is 0.0952. The number of hydrogen-bond donors (Lipinski definition) is 3. The van der Waals surface area contributed by atoms with Crippen molar-refractivity contribution < 1.29 is 17.6 Å². The average Bonchev–Trinajstić information content (AvgIpc) is 2.81. The van der Waals surface area contributed by atoms with Crippen molar-refractivity contribution in [2.75, 3.05) is 26.7 Å². The summed E-state index contributed by atoms with van der Waals surface area (Å²) in [6.07, 6.45) is 1.03. The number of aryl methyl sites for hydroxylation is 1. The van der Waals surface area contributed by atoms with Crippen molar-refractivity contribution in [1.29, 1.82) is 0 Å². The Balaban J connectivity index is 2.65. The van der Waals surface area contributed by atoms with Crippen LogP contribution in [-0.4, -0.2) is 41.0 Å². The third kappa shape index (κ3) is 4.32. The Morgan fingerprint density at radius 1 is 1.30 bits per heavy atom. The predicted molar refractivity (Wildman–Crippen MR) is 75.2 cm³/mol. The van der Waals surface area contributed by atoms with Gasteiger partial charge in [-0.2, -0.15) is 0 Å². The van der Waals surface area contributed by atoms with Crippen LogP contribution in [0.2, 0.25) is 0 Å². The molecule has 0 atom stereocenters. The van der Waals surface area contributed by atoms with Crippen molar-refractivity contribution in [2.24, 2.45) is 0 Å². The molecule has 0 fully saturated rings. The van der Waals surface area contributed by atoms with Crippen LogP contribution in [0.1, 0.15) is 29.5 Å². The van der Waals surface area contributed by atoms with Gasteiger partial charge in [0.15, 0.2) is 0 Å². The zero-order chi connectivity index (χ0) is 15.2. The van der Waals surface area contributed by atoms with E-state index in [1.54, 1.807) is 6.92 Å². The Labute approximate surface area is 119 Å². The van der Waals surface area contributed by atoms with Gasteiger partial charge in [0.1, 0.15) is 5.76 Å². The first kappa shape index (κ1) is 16.7. The molecular formula is C12H21N3O4S. The van der Waals surface area contributed by atoms with Gasteiger partial charge in [0.05, 0.1) is 5.56 Å². The molecule has 0 radical (unpaired) electrons. The average molecular weight is 303 g/mol. The molecule has 0 unspecified atom stereocenters. The van der Waals surface area contributed by atoms with Crippen LogP contribution < -0.4 is 15.4 Å². The molecule has 1 amide bonds. The Morgan fingerprint density at radius 2 is 2.00 bits per heavy atom. The number of carbonyl (C=O) groups is 1. The van der Waals surface area contributed by atoms with E-state index >= 15 is 0 Å². The fourth-order valence-corrected chi connectivity index (χ4v) is 2.28. The topological polar surface area (TPSA) is 100 Å². The van der Waals surface area contributed by atoms with Crippen LogP contribution >= 0.6 is 0 Å². The molecule has 1 rings (SSSR count). The van der Waals surface area contributed by atoms with E-state index in [-0.39, 0.29) is 22.3 Å². The van der Waals surface area contributed by atoms with Crippen molar-refractivity contribution in [3.63, 3.8) is 0 Å². The van der Waals surface area contributed by atoms with E-state index in [1.807, 2.05) is 0 Å². The summed E-state index contributed by atoms with van der Waals surface area (Å²) in [4.78, 5) is 11.9. The van der Waals surface area contributed by atoms with E-state index in [1.165, 1.54) is 13.1 Å². The molecule has 3 N–H and O–H groups in total. The summed E-state index contributed by atoms with van der Waals surface area (Å²) < 4.78 is 30.4. The normalized spacial score (nSPS) is 11.6. The van der Waals surface area contributed by atoms with Gasteiger partial charge in [0.2, 0.25) is 5.09 Å². The zero-order valence-corrected chi connectivity index (χ0v) is 12.8. The number of nitrogens with one attached hydrogen (secondary N) is 3. The van der Waals surface area contributed by atoms with Gasteiger partial charge in [-0.3, -0.25) is 4.79 Å². The van der Waals surface area contributed by atoms with Gasteiger partial charge in [-0.1, -0.05) is 6.92 Å². The maximum Gasteiger partial charge on any atom is 0.273 e. The second-order valence-electron chi connectivity index (χ2n) is 4.25. The first-order chi connectivity index (χ1) is 9.42. The summed E-state index contributed by atoms with van der Waals surface area (Å²) >= 11 is 0. The third-order valence-corrected chi connectivity index (χ3v) is 3.96. The minimum Gasteiger partial charge on any atom is -0.448 e. The Bertz CT molecular complexity index is 551. The first-order valence-corrected chi connectivity index (χ1v) is 7.93. The van der Waals surface area contributed by atoms with Crippen LogP contribution in [0.25, 0.3) is 0 Å². The molecule has 8 heteroatoms. The maximum atomic E-state index is 11.9. The fourth-order valence-electron chi connectivity index (χ4n) is 1.57. The van der Waals surface area contributed by atoms with E-state index in [0.717, 1.165) is 13.0 Å². The molecule has 0 aliphatic heterocycles. The van der Waals surface area contributed by atoms with Gasteiger partial charge in [-0.05, 0) is 26.9 Å². The van der Waals surface area contributed by atoms with Crippen molar-refractivity contribution in [3.8, 4) is 0 Å². The molecule has 1 aromatic rings. The number of furan rings is 1. The van der Waals surface area contributed by atoms with E-state index in [4.69, 9.17) is 4.42 Å². The molecule has 0 aliphatic carbocycles. The number of amides is 1. The molecule has 0 spiro atoms. The van der Waals surface area contributed by atoms with Crippen LogP contribution in [0.5, 0.6) is 0 Å². The minimum absolute atomic E-state index is 0.231. The lowest BCUT2D eigenvalue weighted by Crippen LogP contribution is -2.32. The monoisotopic (exact) mass is 303 g/mol. The third-order valence-electron chi connectivity index (χ3n) is 2.69. The van der Waals surface area contributed by atoms with Gasteiger partial charge >= 0.3 is 0 Å². The summed E-state index contributed by atoms with van der Waals surface area (Å²) in [5.41, 5.74) is 0.231. The number of sulfonamides is 1. The number of rotatable bonds is 8. The SMILES string of the molecule is CCCNCCNC(=O)c1cc(S(=O)(=O)NC)oc1C.